The Morgan fingerprint density at radius 2 is 2.24 bits per heavy atom. The van der Waals surface area contributed by atoms with Gasteiger partial charge in [-0.25, -0.2) is 0 Å². The van der Waals surface area contributed by atoms with Gasteiger partial charge in [-0.05, 0) is 37.6 Å². The van der Waals surface area contributed by atoms with Crippen LogP contribution in [0.25, 0.3) is 0 Å². The van der Waals surface area contributed by atoms with Crippen molar-refractivity contribution in [3.8, 4) is 0 Å². The van der Waals surface area contributed by atoms with Crippen LogP contribution in [0.4, 0.5) is 11.4 Å². The van der Waals surface area contributed by atoms with Gasteiger partial charge >= 0.3 is 0 Å². The zero-order valence-electron chi connectivity index (χ0n) is 12.0. The SMILES string of the molecule is Nc1ccc(Cl)c(NC(=O)CN2CCCCCC2CO)c1. The average molecular weight is 312 g/mol. The van der Waals surface area contributed by atoms with Gasteiger partial charge in [-0.1, -0.05) is 24.4 Å². The van der Waals surface area contributed by atoms with E-state index in [0.717, 1.165) is 32.2 Å². The molecule has 1 aromatic carbocycles. The smallest absolute Gasteiger partial charge is 0.238 e. The molecule has 0 aliphatic carbocycles. The quantitative estimate of drug-likeness (QED) is 0.744. The number of carbonyl (C=O) groups excluding carboxylic acids is 1. The summed E-state index contributed by atoms with van der Waals surface area (Å²) >= 11 is 6.04. The molecule has 0 aromatic heterocycles. The fourth-order valence-electron chi connectivity index (χ4n) is 2.66. The first kappa shape index (κ1) is 16.1. The third kappa shape index (κ3) is 4.59. The Hall–Kier alpha value is -1.30. The van der Waals surface area contributed by atoms with Crippen molar-refractivity contribution < 1.29 is 9.90 Å². The number of nitrogens with zero attached hydrogens (tertiary/aromatic N) is 1. The maximum absolute atomic E-state index is 12.2. The number of aliphatic hydroxyl groups is 1. The Labute approximate surface area is 130 Å². The second kappa shape index (κ2) is 7.64. The van der Waals surface area contributed by atoms with Gasteiger partial charge in [-0.2, -0.15) is 0 Å². The number of anilines is 2. The summed E-state index contributed by atoms with van der Waals surface area (Å²) in [6.07, 6.45) is 4.24. The van der Waals surface area contributed by atoms with Crippen LogP contribution >= 0.6 is 11.6 Å². The van der Waals surface area contributed by atoms with Crippen molar-refractivity contribution in [1.82, 2.24) is 4.90 Å². The van der Waals surface area contributed by atoms with E-state index >= 15 is 0 Å². The Bertz CT molecular complexity index is 496. The van der Waals surface area contributed by atoms with Gasteiger partial charge in [-0.15, -0.1) is 0 Å². The third-order valence-corrected chi connectivity index (χ3v) is 4.15. The molecule has 0 spiro atoms. The van der Waals surface area contributed by atoms with Crippen LogP contribution in [0, 0.1) is 0 Å². The van der Waals surface area contributed by atoms with E-state index in [9.17, 15) is 9.90 Å². The maximum Gasteiger partial charge on any atom is 0.238 e. The van der Waals surface area contributed by atoms with E-state index in [4.69, 9.17) is 17.3 Å². The number of nitrogen functional groups attached to an aromatic ring is 1. The normalized spacial score (nSPS) is 20.0. The lowest BCUT2D eigenvalue weighted by molar-refractivity contribution is -0.118. The molecule has 6 heteroatoms. The molecule has 2 rings (SSSR count). The Morgan fingerprint density at radius 3 is 3.00 bits per heavy atom. The largest absolute Gasteiger partial charge is 0.399 e. The average Bonchev–Trinajstić information content (AvgIpc) is 2.68. The number of amides is 1. The number of halogens is 1. The first-order chi connectivity index (χ1) is 10.1. The molecule has 1 aliphatic rings. The topological polar surface area (TPSA) is 78.6 Å². The van der Waals surface area contributed by atoms with Crippen molar-refractivity contribution in [3.63, 3.8) is 0 Å². The lowest BCUT2D eigenvalue weighted by Gasteiger charge is -2.27. The number of rotatable bonds is 4. The fourth-order valence-corrected chi connectivity index (χ4v) is 2.83. The van der Waals surface area contributed by atoms with Crippen LogP contribution in [0.5, 0.6) is 0 Å². The minimum absolute atomic E-state index is 0.0644. The molecule has 1 aromatic rings. The van der Waals surface area contributed by atoms with Gasteiger partial charge in [0.2, 0.25) is 5.91 Å². The van der Waals surface area contributed by atoms with E-state index in [1.165, 1.54) is 0 Å². The lowest BCUT2D eigenvalue weighted by Crippen LogP contribution is -2.42. The van der Waals surface area contributed by atoms with Gasteiger partial charge < -0.3 is 16.2 Å². The Morgan fingerprint density at radius 1 is 1.43 bits per heavy atom. The van der Waals surface area contributed by atoms with Crippen LogP contribution in [0.2, 0.25) is 5.02 Å². The van der Waals surface area contributed by atoms with Crippen molar-refractivity contribution in [3.05, 3.63) is 23.2 Å². The summed E-state index contributed by atoms with van der Waals surface area (Å²) in [5, 5.41) is 12.7. The minimum Gasteiger partial charge on any atom is -0.399 e. The zero-order chi connectivity index (χ0) is 15.2. The minimum atomic E-state index is -0.136. The van der Waals surface area contributed by atoms with Crippen LogP contribution in [0.1, 0.15) is 25.7 Å². The van der Waals surface area contributed by atoms with Crippen molar-refractivity contribution >= 4 is 28.9 Å². The summed E-state index contributed by atoms with van der Waals surface area (Å²) in [5.41, 5.74) is 6.78. The monoisotopic (exact) mass is 311 g/mol. The zero-order valence-corrected chi connectivity index (χ0v) is 12.8. The van der Waals surface area contributed by atoms with Crippen molar-refractivity contribution in [1.29, 1.82) is 0 Å². The van der Waals surface area contributed by atoms with E-state index < -0.39 is 0 Å². The molecule has 0 bridgehead atoms. The molecule has 4 N–H and O–H groups in total. The van der Waals surface area contributed by atoms with Gasteiger partial charge in [0.1, 0.15) is 0 Å². The highest BCUT2D eigenvalue weighted by Gasteiger charge is 2.22. The standard InChI is InChI=1S/C15H22ClN3O2/c16-13-6-5-11(17)8-14(13)18-15(21)9-19-7-3-1-2-4-12(19)10-20/h5-6,8,12,20H,1-4,7,9-10,17H2,(H,18,21). The van der Waals surface area contributed by atoms with Gasteiger partial charge in [-0.3, -0.25) is 9.69 Å². The van der Waals surface area contributed by atoms with Crippen molar-refractivity contribution in [2.24, 2.45) is 0 Å². The van der Waals surface area contributed by atoms with E-state index in [-0.39, 0.29) is 25.1 Å². The number of carbonyl (C=O) groups is 1. The number of benzene rings is 1. The molecule has 21 heavy (non-hydrogen) atoms. The summed E-state index contributed by atoms with van der Waals surface area (Å²) in [7, 11) is 0. The molecule has 1 amide bonds. The predicted molar refractivity (Wildman–Crippen MR) is 85.4 cm³/mol. The molecule has 116 valence electrons. The molecule has 5 nitrogen and oxygen atoms in total. The molecular weight excluding hydrogens is 290 g/mol. The molecule has 0 radical (unpaired) electrons. The molecule has 1 saturated heterocycles. The maximum atomic E-state index is 12.2. The molecule has 0 saturated carbocycles. The summed E-state index contributed by atoms with van der Waals surface area (Å²) in [4.78, 5) is 14.2. The van der Waals surface area contributed by atoms with Crippen LogP contribution in [0.3, 0.4) is 0 Å². The first-order valence-corrected chi connectivity index (χ1v) is 7.67. The molecule has 1 heterocycles. The lowest BCUT2D eigenvalue weighted by atomic mass is 10.1. The Kier molecular flexibility index (Phi) is 5.85. The van der Waals surface area contributed by atoms with Crippen LogP contribution in [0.15, 0.2) is 18.2 Å². The molecular formula is C15H22ClN3O2. The molecule has 1 fully saturated rings. The highest BCUT2D eigenvalue weighted by Crippen LogP contribution is 2.24. The number of likely N-dealkylation sites (tertiary alicyclic amines) is 1. The number of nitrogens with two attached hydrogens (primary N) is 1. The first-order valence-electron chi connectivity index (χ1n) is 7.30. The van der Waals surface area contributed by atoms with Crippen molar-refractivity contribution in [2.75, 3.05) is 30.7 Å². The number of nitrogens with one attached hydrogen (secondary N) is 1. The third-order valence-electron chi connectivity index (χ3n) is 3.82. The highest BCUT2D eigenvalue weighted by atomic mass is 35.5. The summed E-state index contributed by atoms with van der Waals surface area (Å²) in [6, 6.07) is 5.06. The van der Waals surface area contributed by atoms with Crippen LogP contribution in [-0.2, 0) is 4.79 Å². The van der Waals surface area contributed by atoms with E-state index in [1.54, 1.807) is 18.2 Å². The number of aliphatic hydroxyl groups excluding tert-OH is 1. The van der Waals surface area contributed by atoms with Gasteiger partial charge in [0, 0.05) is 11.7 Å². The fraction of sp³-hybridized carbons (Fsp3) is 0.533. The van der Waals surface area contributed by atoms with E-state index in [1.807, 2.05) is 4.90 Å². The van der Waals surface area contributed by atoms with Gasteiger partial charge in [0.25, 0.3) is 0 Å². The molecule has 1 atom stereocenters. The predicted octanol–water partition coefficient (Wildman–Crippen LogP) is 2.10. The van der Waals surface area contributed by atoms with Gasteiger partial charge in [0.05, 0.1) is 23.9 Å². The highest BCUT2D eigenvalue weighted by molar-refractivity contribution is 6.33. The van der Waals surface area contributed by atoms with E-state index in [2.05, 4.69) is 5.32 Å². The second-order valence-electron chi connectivity index (χ2n) is 5.44. The molecule has 1 aliphatic heterocycles. The number of hydrogen-bond donors (Lipinski definition) is 3. The van der Waals surface area contributed by atoms with Crippen molar-refractivity contribution in [2.45, 2.75) is 31.7 Å². The summed E-state index contributed by atoms with van der Waals surface area (Å²) in [5.74, 6) is -0.136. The number of hydrogen-bond acceptors (Lipinski definition) is 4. The van der Waals surface area contributed by atoms with Crippen LogP contribution < -0.4 is 11.1 Å². The summed E-state index contributed by atoms with van der Waals surface area (Å²) < 4.78 is 0. The second-order valence-corrected chi connectivity index (χ2v) is 5.85. The summed E-state index contributed by atoms with van der Waals surface area (Å²) in [6.45, 7) is 1.19. The van der Waals surface area contributed by atoms with Crippen LogP contribution in [-0.4, -0.2) is 41.7 Å². The van der Waals surface area contributed by atoms with E-state index in [0.29, 0.717) is 16.4 Å². The Balaban J connectivity index is 1.98. The van der Waals surface area contributed by atoms with Gasteiger partial charge in [0.15, 0.2) is 0 Å². The molecule has 1 unspecified atom stereocenters.